The second-order valence-corrected chi connectivity index (χ2v) is 7.04. The number of benzene rings is 1. The molecule has 4 heteroatoms. The molecular formula is C16H21IN2O. The van der Waals surface area contributed by atoms with E-state index in [4.69, 9.17) is 0 Å². The molecule has 108 valence electrons. The van der Waals surface area contributed by atoms with E-state index >= 15 is 0 Å². The molecule has 0 radical (unpaired) electrons. The van der Waals surface area contributed by atoms with E-state index in [-0.39, 0.29) is 5.91 Å². The van der Waals surface area contributed by atoms with Crippen molar-refractivity contribution in [3.8, 4) is 0 Å². The molecule has 1 amide bonds. The van der Waals surface area contributed by atoms with Gasteiger partial charge in [-0.25, -0.2) is 0 Å². The van der Waals surface area contributed by atoms with Crippen LogP contribution in [0.5, 0.6) is 0 Å². The highest BCUT2D eigenvalue weighted by Crippen LogP contribution is 2.30. The lowest BCUT2D eigenvalue weighted by atomic mass is 9.98. The van der Waals surface area contributed by atoms with Gasteiger partial charge in [0.15, 0.2) is 0 Å². The third kappa shape index (κ3) is 3.34. The highest BCUT2D eigenvalue weighted by Gasteiger charge is 2.35. The fourth-order valence-corrected chi connectivity index (χ4v) is 3.55. The standard InChI is InChI=1S/C16H21IN2O/c17-15-6-2-1-5-14(15)16(20)19(13-7-8-13)11-12-4-3-9-18-10-12/h1-2,5-6,12-13,18H,3-4,7-11H2. The molecule has 1 aliphatic heterocycles. The Morgan fingerprint density at radius 1 is 1.30 bits per heavy atom. The Morgan fingerprint density at radius 2 is 2.10 bits per heavy atom. The predicted octanol–water partition coefficient (Wildman–Crippen LogP) is 2.90. The second-order valence-electron chi connectivity index (χ2n) is 5.88. The molecule has 1 aromatic carbocycles. The van der Waals surface area contributed by atoms with Gasteiger partial charge in [-0.2, -0.15) is 0 Å². The summed E-state index contributed by atoms with van der Waals surface area (Å²) < 4.78 is 1.06. The van der Waals surface area contributed by atoms with Crippen molar-refractivity contribution in [2.45, 2.75) is 31.7 Å². The second kappa shape index (κ2) is 6.43. The van der Waals surface area contributed by atoms with Crippen LogP contribution >= 0.6 is 22.6 Å². The van der Waals surface area contributed by atoms with E-state index in [1.165, 1.54) is 25.7 Å². The summed E-state index contributed by atoms with van der Waals surface area (Å²) in [5, 5.41) is 3.45. The molecule has 1 heterocycles. The van der Waals surface area contributed by atoms with Gasteiger partial charge in [-0.05, 0) is 79.4 Å². The van der Waals surface area contributed by atoms with Crippen molar-refractivity contribution in [1.82, 2.24) is 10.2 Å². The summed E-state index contributed by atoms with van der Waals surface area (Å²) >= 11 is 2.26. The summed E-state index contributed by atoms with van der Waals surface area (Å²) in [6.07, 6.45) is 4.83. The van der Waals surface area contributed by atoms with Crippen LogP contribution in [-0.4, -0.2) is 36.5 Å². The largest absolute Gasteiger partial charge is 0.335 e. The Bertz CT molecular complexity index is 481. The van der Waals surface area contributed by atoms with Gasteiger partial charge in [-0.3, -0.25) is 4.79 Å². The molecule has 1 aliphatic carbocycles. The van der Waals surface area contributed by atoms with Crippen LogP contribution in [-0.2, 0) is 0 Å². The Hall–Kier alpha value is -0.620. The highest BCUT2D eigenvalue weighted by molar-refractivity contribution is 14.1. The van der Waals surface area contributed by atoms with Crippen LogP contribution in [0.2, 0.25) is 0 Å². The van der Waals surface area contributed by atoms with Gasteiger partial charge in [0.2, 0.25) is 0 Å². The minimum absolute atomic E-state index is 0.225. The quantitative estimate of drug-likeness (QED) is 0.810. The van der Waals surface area contributed by atoms with Gasteiger partial charge in [0.25, 0.3) is 5.91 Å². The fraction of sp³-hybridized carbons (Fsp3) is 0.562. The van der Waals surface area contributed by atoms with Gasteiger partial charge in [-0.1, -0.05) is 12.1 Å². The van der Waals surface area contributed by atoms with Gasteiger partial charge in [0.05, 0.1) is 5.56 Å². The molecule has 1 saturated heterocycles. The van der Waals surface area contributed by atoms with Crippen LogP contribution in [0.3, 0.4) is 0 Å². The Labute approximate surface area is 134 Å². The minimum Gasteiger partial charge on any atom is -0.335 e. The maximum absolute atomic E-state index is 12.8. The van der Waals surface area contributed by atoms with Crippen LogP contribution in [0.4, 0.5) is 0 Å². The Morgan fingerprint density at radius 3 is 2.75 bits per heavy atom. The van der Waals surface area contributed by atoms with Gasteiger partial charge in [0, 0.05) is 16.2 Å². The van der Waals surface area contributed by atoms with E-state index in [1.54, 1.807) is 0 Å². The van der Waals surface area contributed by atoms with E-state index in [0.29, 0.717) is 12.0 Å². The average molecular weight is 384 g/mol. The summed E-state index contributed by atoms with van der Waals surface area (Å²) in [5.74, 6) is 0.845. The number of halogens is 1. The van der Waals surface area contributed by atoms with Gasteiger partial charge >= 0.3 is 0 Å². The summed E-state index contributed by atoms with van der Waals surface area (Å²) in [5.41, 5.74) is 0.865. The fourth-order valence-electron chi connectivity index (χ4n) is 2.93. The zero-order valence-electron chi connectivity index (χ0n) is 11.6. The number of hydrogen-bond acceptors (Lipinski definition) is 2. The first-order valence-electron chi connectivity index (χ1n) is 7.52. The molecule has 3 rings (SSSR count). The van der Waals surface area contributed by atoms with Gasteiger partial charge < -0.3 is 10.2 Å². The molecule has 1 unspecified atom stereocenters. The van der Waals surface area contributed by atoms with E-state index in [1.807, 2.05) is 24.3 Å². The van der Waals surface area contributed by atoms with Gasteiger partial charge in [-0.15, -0.1) is 0 Å². The van der Waals surface area contributed by atoms with Crippen molar-refractivity contribution in [2.75, 3.05) is 19.6 Å². The van der Waals surface area contributed by atoms with Crippen molar-refractivity contribution in [2.24, 2.45) is 5.92 Å². The van der Waals surface area contributed by atoms with Crippen LogP contribution in [0, 0.1) is 9.49 Å². The number of nitrogens with zero attached hydrogens (tertiary/aromatic N) is 1. The smallest absolute Gasteiger partial charge is 0.255 e. The van der Waals surface area contributed by atoms with Crippen LogP contribution < -0.4 is 5.32 Å². The maximum atomic E-state index is 12.8. The molecule has 1 atom stereocenters. The molecule has 2 aliphatic rings. The monoisotopic (exact) mass is 384 g/mol. The van der Waals surface area contributed by atoms with Crippen LogP contribution in [0.1, 0.15) is 36.0 Å². The first-order chi connectivity index (χ1) is 9.75. The molecular weight excluding hydrogens is 363 g/mol. The number of carbonyl (C=O) groups is 1. The zero-order valence-corrected chi connectivity index (χ0v) is 13.8. The third-order valence-corrected chi connectivity index (χ3v) is 5.15. The predicted molar refractivity (Wildman–Crippen MR) is 88.8 cm³/mol. The summed E-state index contributed by atoms with van der Waals surface area (Å²) in [4.78, 5) is 15.0. The minimum atomic E-state index is 0.225. The first kappa shape index (κ1) is 14.3. The number of nitrogens with one attached hydrogen (secondary N) is 1. The van der Waals surface area contributed by atoms with Crippen molar-refractivity contribution in [3.05, 3.63) is 33.4 Å². The van der Waals surface area contributed by atoms with Crippen LogP contribution in [0.15, 0.2) is 24.3 Å². The average Bonchev–Trinajstić information content (AvgIpc) is 3.30. The summed E-state index contributed by atoms with van der Waals surface area (Å²) in [6.45, 7) is 3.11. The van der Waals surface area contributed by atoms with Crippen molar-refractivity contribution in [3.63, 3.8) is 0 Å². The lowest BCUT2D eigenvalue weighted by molar-refractivity contribution is 0.0703. The molecule has 0 aromatic heterocycles. The van der Waals surface area contributed by atoms with Gasteiger partial charge in [0.1, 0.15) is 0 Å². The third-order valence-electron chi connectivity index (χ3n) is 4.21. The van der Waals surface area contributed by atoms with Crippen molar-refractivity contribution >= 4 is 28.5 Å². The number of rotatable bonds is 4. The number of hydrogen-bond donors (Lipinski definition) is 1. The van der Waals surface area contributed by atoms with E-state index in [0.717, 1.165) is 28.8 Å². The SMILES string of the molecule is O=C(c1ccccc1I)N(CC1CCCNC1)C1CC1. The topological polar surface area (TPSA) is 32.3 Å². The molecule has 1 N–H and O–H groups in total. The number of carbonyl (C=O) groups excluding carboxylic acids is 1. The zero-order chi connectivity index (χ0) is 13.9. The van der Waals surface area contributed by atoms with Crippen molar-refractivity contribution < 1.29 is 4.79 Å². The first-order valence-corrected chi connectivity index (χ1v) is 8.60. The molecule has 20 heavy (non-hydrogen) atoms. The molecule has 2 fully saturated rings. The number of piperidine rings is 1. The molecule has 0 spiro atoms. The Balaban J connectivity index is 1.73. The molecule has 1 aromatic rings. The Kier molecular flexibility index (Phi) is 4.61. The number of amides is 1. The maximum Gasteiger partial charge on any atom is 0.255 e. The van der Waals surface area contributed by atoms with Crippen molar-refractivity contribution in [1.29, 1.82) is 0 Å². The van der Waals surface area contributed by atoms with E-state index < -0.39 is 0 Å². The molecule has 0 bridgehead atoms. The summed E-state index contributed by atoms with van der Waals surface area (Å²) in [7, 11) is 0. The lowest BCUT2D eigenvalue weighted by Crippen LogP contribution is -2.42. The normalized spacial score (nSPS) is 22.6. The highest BCUT2D eigenvalue weighted by atomic mass is 127. The molecule has 3 nitrogen and oxygen atoms in total. The molecule has 1 saturated carbocycles. The van der Waals surface area contributed by atoms with E-state index in [9.17, 15) is 4.79 Å². The van der Waals surface area contributed by atoms with E-state index in [2.05, 4.69) is 32.8 Å². The lowest BCUT2D eigenvalue weighted by Gasteiger charge is -2.30. The van der Waals surface area contributed by atoms with Crippen LogP contribution in [0.25, 0.3) is 0 Å². The summed E-state index contributed by atoms with van der Waals surface area (Å²) in [6, 6.07) is 8.41.